The van der Waals surface area contributed by atoms with Crippen molar-refractivity contribution in [2.45, 2.75) is 29.7 Å². The van der Waals surface area contributed by atoms with Crippen molar-refractivity contribution < 1.29 is 4.79 Å². The lowest BCUT2D eigenvalue weighted by atomic mass is 10.2. The Labute approximate surface area is 156 Å². The Bertz CT molecular complexity index is 876. The van der Waals surface area contributed by atoms with E-state index in [4.69, 9.17) is 11.6 Å². The van der Waals surface area contributed by atoms with Crippen molar-refractivity contribution >= 4 is 35.0 Å². The molecular weight excluding hydrogens is 354 g/mol. The summed E-state index contributed by atoms with van der Waals surface area (Å²) < 4.78 is 1.67. The summed E-state index contributed by atoms with van der Waals surface area (Å²) in [6, 6.07) is 16.9. The number of carbonyl (C=O) groups excluding carboxylic acids is 1. The van der Waals surface area contributed by atoms with Gasteiger partial charge in [-0.05, 0) is 56.3 Å². The summed E-state index contributed by atoms with van der Waals surface area (Å²) in [4.78, 5) is 14.6. The van der Waals surface area contributed by atoms with Crippen molar-refractivity contribution in [3.63, 3.8) is 0 Å². The first-order chi connectivity index (χ1) is 12.0. The number of nitrogens with zero attached hydrogens (tertiary/aromatic N) is 2. The summed E-state index contributed by atoms with van der Waals surface area (Å²) in [6.07, 6.45) is 1.81. The molecule has 0 radical (unpaired) electrons. The normalized spacial score (nSPS) is 12.0. The first-order valence-corrected chi connectivity index (χ1v) is 9.07. The van der Waals surface area contributed by atoms with Gasteiger partial charge in [-0.15, -0.1) is 0 Å². The maximum Gasteiger partial charge on any atom is 0.248 e. The summed E-state index contributed by atoms with van der Waals surface area (Å²) in [7, 11) is 0. The van der Waals surface area contributed by atoms with E-state index >= 15 is 0 Å². The highest BCUT2D eigenvalue weighted by molar-refractivity contribution is 7.99. The van der Waals surface area contributed by atoms with Crippen LogP contribution < -0.4 is 5.32 Å². The van der Waals surface area contributed by atoms with Crippen molar-refractivity contribution in [1.29, 1.82) is 0 Å². The van der Waals surface area contributed by atoms with Gasteiger partial charge in [0, 0.05) is 21.0 Å². The van der Waals surface area contributed by atoms with Crippen LogP contribution in [-0.4, -0.2) is 15.7 Å². The van der Waals surface area contributed by atoms with Crippen molar-refractivity contribution in [3.8, 4) is 0 Å². The standard InChI is InChI=1S/C19H18ClN3OS/c1-13-11-12-23(22-13)14(2)19(24)21-17-5-3-4-6-18(17)25-16-9-7-15(20)8-10-16/h3-12,14H,1-2H3,(H,21,24). The first kappa shape index (κ1) is 17.6. The molecule has 0 fully saturated rings. The highest BCUT2D eigenvalue weighted by atomic mass is 35.5. The Balaban J connectivity index is 1.76. The Morgan fingerprint density at radius 1 is 1.16 bits per heavy atom. The fraction of sp³-hybridized carbons (Fsp3) is 0.158. The number of carbonyl (C=O) groups is 1. The molecule has 0 bridgehead atoms. The van der Waals surface area contributed by atoms with Crippen LogP contribution in [0.25, 0.3) is 0 Å². The van der Waals surface area contributed by atoms with Crippen LogP contribution in [0.1, 0.15) is 18.7 Å². The van der Waals surface area contributed by atoms with Gasteiger partial charge in [-0.1, -0.05) is 35.5 Å². The van der Waals surface area contributed by atoms with E-state index in [9.17, 15) is 4.79 Å². The van der Waals surface area contributed by atoms with Gasteiger partial charge in [0.2, 0.25) is 5.91 Å². The zero-order valence-corrected chi connectivity index (χ0v) is 15.5. The van der Waals surface area contributed by atoms with Gasteiger partial charge in [0.05, 0.1) is 11.4 Å². The van der Waals surface area contributed by atoms with Crippen LogP contribution in [0, 0.1) is 6.92 Å². The molecule has 1 heterocycles. The molecule has 0 aliphatic carbocycles. The van der Waals surface area contributed by atoms with E-state index < -0.39 is 0 Å². The van der Waals surface area contributed by atoms with Crippen molar-refractivity contribution in [2.24, 2.45) is 0 Å². The minimum Gasteiger partial charge on any atom is -0.323 e. The van der Waals surface area contributed by atoms with E-state index in [1.807, 2.05) is 74.6 Å². The molecule has 0 spiro atoms. The molecule has 0 aliphatic heterocycles. The number of hydrogen-bond acceptors (Lipinski definition) is 3. The van der Waals surface area contributed by atoms with E-state index in [1.54, 1.807) is 16.4 Å². The maximum atomic E-state index is 12.6. The predicted molar refractivity (Wildman–Crippen MR) is 102 cm³/mol. The number of amides is 1. The van der Waals surface area contributed by atoms with Crippen molar-refractivity contribution in [2.75, 3.05) is 5.32 Å². The van der Waals surface area contributed by atoms with Crippen molar-refractivity contribution in [3.05, 3.63) is 71.5 Å². The Hall–Kier alpha value is -2.24. The number of para-hydroxylation sites is 1. The number of halogens is 1. The number of hydrogen-bond donors (Lipinski definition) is 1. The number of benzene rings is 2. The fourth-order valence-electron chi connectivity index (χ4n) is 2.29. The van der Waals surface area contributed by atoms with Crippen LogP contribution in [0.15, 0.2) is 70.6 Å². The minimum absolute atomic E-state index is 0.104. The zero-order valence-electron chi connectivity index (χ0n) is 13.9. The van der Waals surface area contributed by atoms with Crippen LogP contribution in [-0.2, 0) is 4.79 Å². The predicted octanol–water partition coefficient (Wildman–Crippen LogP) is 5.20. The third-order valence-electron chi connectivity index (χ3n) is 3.70. The second-order valence-corrected chi connectivity index (χ2v) is 7.21. The summed E-state index contributed by atoms with van der Waals surface area (Å²) >= 11 is 7.52. The molecule has 4 nitrogen and oxygen atoms in total. The second-order valence-electron chi connectivity index (χ2n) is 5.65. The van der Waals surface area contributed by atoms with Gasteiger partial charge in [0.1, 0.15) is 6.04 Å². The van der Waals surface area contributed by atoms with Crippen LogP contribution in [0.2, 0.25) is 5.02 Å². The third kappa shape index (κ3) is 4.44. The molecular formula is C19H18ClN3OS. The largest absolute Gasteiger partial charge is 0.323 e. The van der Waals surface area contributed by atoms with Gasteiger partial charge in [-0.25, -0.2) is 0 Å². The summed E-state index contributed by atoms with van der Waals surface area (Å²) in [6.45, 7) is 3.73. The monoisotopic (exact) mass is 371 g/mol. The quantitative estimate of drug-likeness (QED) is 0.670. The van der Waals surface area contributed by atoms with E-state index in [0.29, 0.717) is 5.02 Å². The highest BCUT2D eigenvalue weighted by Gasteiger charge is 2.17. The zero-order chi connectivity index (χ0) is 17.8. The van der Waals surface area contributed by atoms with Gasteiger partial charge in [-0.2, -0.15) is 5.10 Å². The molecule has 1 unspecified atom stereocenters. The van der Waals surface area contributed by atoms with Crippen molar-refractivity contribution in [1.82, 2.24) is 9.78 Å². The maximum absolute atomic E-state index is 12.6. The van der Waals surface area contributed by atoms with Gasteiger partial charge < -0.3 is 5.32 Å². The molecule has 0 aliphatic rings. The van der Waals surface area contributed by atoms with E-state index in [1.165, 1.54) is 0 Å². The first-order valence-electron chi connectivity index (χ1n) is 7.88. The van der Waals surface area contributed by atoms with Crippen LogP contribution in [0.3, 0.4) is 0 Å². The topological polar surface area (TPSA) is 46.9 Å². The number of aromatic nitrogens is 2. The van der Waals surface area contributed by atoms with Gasteiger partial charge >= 0.3 is 0 Å². The molecule has 25 heavy (non-hydrogen) atoms. The molecule has 1 aromatic heterocycles. The molecule has 1 atom stereocenters. The average Bonchev–Trinajstić information content (AvgIpc) is 3.04. The number of aryl methyl sites for hydroxylation is 1. The molecule has 1 amide bonds. The molecule has 3 rings (SSSR count). The third-order valence-corrected chi connectivity index (χ3v) is 5.04. The smallest absolute Gasteiger partial charge is 0.248 e. The highest BCUT2D eigenvalue weighted by Crippen LogP contribution is 2.34. The number of anilines is 1. The van der Waals surface area contributed by atoms with Crippen LogP contribution in [0.5, 0.6) is 0 Å². The van der Waals surface area contributed by atoms with E-state index in [2.05, 4.69) is 10.4 Å². The lowest BCUT2D eigenvalue weighted by Gasteiger charge is -2.15. The van der Waals surface area contributed by atoms with Gasteiger partial charge in [0.15, 0.2) is 0 Å². The second kappa shape index (κ2) is 7.76. The van der Waals surface area contributed by atoms with E-state index in [-0.39, 0.29) is 11.9 Å². The summed E-state index contributed by atoms with van der Waals surface area (Å²) in [5.74, 6) is -0.104. The molecule has 3 aromatic rings. The molecule has 2 aromatic carbocycles. The van der Waals surface area contributed by atoms with Crippen LogP contribution >= 0.6 is 23.4 Å². The Morgan fingerprint density at radius 2 is 1.88 bits per heavy atom. The molecule has 0 saturated heterocycles. The summed E-state index contributed by atoms with van der Waals surface area (Å²) in [5, 5.41) is 8.02. The Morgan fingerprint density at radius 3 is 2.56 bits per heavy atom. The lowest BCUT2D eigenvalue weighted by Crippen LogP contribution is -2.24. The Kier molecular flexibility index (Phi) is 5.46. The molecule has 128 valence electrons. The van der Waals surface area contributed by atoms with E-state index in [0.717, 1.165) is 21.2 Å². The van der Waals surface area contributed by atoms with Gasteiger partial charge in [0.25, 0.3) is 0 Å². The SMILES string of the molecule is Cc1ccn(C(C)C(=O)Nc2ccccc2Sc2ccc(Cl)cc2)n1. The fourth-order valence-corrected chi connectivity index (χ4v) is 3.32. The number of nitrogens with one attached hydrogen (secondary N) is 1. The summed E-state index contributed by atoms with van der Waals surface area (Å²) in [5.41, 5.74) is 1.67. The average molecular weight is 372 g/mol. The lowest BCUT2D eigenvalue weighted by molar-refractivity contribution is -0.119. The minimum atomic E-state index is -0.387. The molecule has 6 heteroatoms. The molecule has 1 N–H and O–H groups in total. The van der Waals surface area contributed by atoms with Gasteiger partial charge in [-0.3, -0.25) is 9.48 Å². The van der Waals surface area contributed by atoms with Crippen LogP contribution in [0.4, 0.5) is 5.69 Å². The molecule has 0 saturated carbocycles. The number of rotatable bonds is 5.